The van der Waals surface area contributed by atoms with Crippen LogP contribution < -0.4 is 0 Å². The lowest BCUT2D eigenvalue weighted by molar-refractivity contribution is -0.870. The van der Waals surface area contributed by atoms with Crippen LogP contribution in [0.25, 0.3) is 0 Å². The number of carbonyl (C=O) groups is 2. The molecule has 0 bridgehead atoms. The van der Waals surface area contributed by atoms with E-state index in [0.717, 1.165) is 36.7 Å². The Hall–Kier alpha value is -1.26. The first-order valence-corrected chi connectivity index (χ1v) is 20.6. The Bertz CT molecular complexity index is 699. The number of Topliss-reactive ketones (excluding diaryl/α,β-unsaturated/α-hetero) is 2. The van der Waals surface area contributed by atoms with Gasteiger partial charge in [0, 0.05) is 12.8 Å². The van der Waals surface area contributed by atoms with Crippen LogP contribution in [0.3, 0.4) is 0 Å². The molecule has 47 heavy (non-hydrogen) atoms. The van der Waals surface area contributed by atoms with E-state index in [9.17, 15) is 9.59 Å². The fraction of sp³-hybridized carbons (Fsp3) is 0.860. The third kappa shape index (κ3) is 34.4. The van der Waals surface area contributed by atoms with E-state index in [1.165, 1.54) is 141 Å². The van der Waals surface area contributed by atoms with E-state index in [2.05, 4.69) is 59.3 Å². The first-order chi connectivity index (χ1) is 22.8. The molecule has 0 heterocycles. The first kappa shape index (κ1) is 45.7. The molecule has 0 aromatic rings. The van der Waals surface area contributed by atoms with Crippen LogP contribution in [0, 0.1) is 5.92 Å². The van der Waals surface area contributed by atoms with E-state index in [0.29, 0.717) is 19.4 Å². The summed E-state index contributed by atoms with van der Waals surface area (Å²) < 4.78 is 6.72. The number of rotatable bonds is 37. The second kappa shape index (κ2) is 34.6. The molecule has 0 N–H and O–H groups in total. The van der Waals surface area contributed by atoms with Gasteiger partial charge in [-0.2, -0.15) is 0 Å². The summed E-state index contributed by atoms with van der Waals surface area (Å²) in [7, 11) is 6.41. The van der Waals surface area contributed by atoms with Gasteiger partial charge in [-0.05, 0) is 64.2 Å². The summed E-state index contributed by atoms with van der Waals surface area (Å²) in [6.07, 6.45) is 42.9. The summed E-state index contributed by atoms with van der Waals surface area (Å²) in [5.41, 5.74) is 0. The van der Waals surface area contributed by atoms with Crippen molar-refractivity contribution in [3.05, 3.63) is 24.3 Å². The van der Waals surface area contributed by atoms with Crippen LogP contribution >= 0.6 is 0 Å². The minimum atomic E-state index is -0.573. The van der Waals surface area contributed by atoms with Crippen molar-refractivity contribution in [2.45, 2.75) is 194 Å². The van der Waals surface area contributed by atoms with Crippen molar-refractivity contribution >= 4 is 11.6 Å². The highest BCUT2D eigenvalue weighted by molar-refractivity contribution is 6.02. The van der Waals surface area contributed by atoms with Gasteiger partial charge in [0.1, 0.15) is 18.1 Å². The average molecular weight is 661 g/mol. The third-order valence-corrected chi connectivity index (χ3v) is 9.34. The number of ether oxygens (including phenoxy) is 1. The van der Waals surface area contributed by atoms with Crippen LogP contribution in [0.15, 0.2) is 24.3 Å². The van der Waals surface area contributed by atoms with Gasteiger partial charge in [-0.1, -0.05) is 141 Å². The number of allylic oxidation sites excluding steroid dienone is 4. The maximum Gasteiger partial charge on any atom is 0.145 e. The molecule has 0 aliphatic heterocycles. The molecule has 0 atom stereocenters. The van der Waals surface area contributed by atoms with E-state index >= 15 is 0 Å². The van der Waals surface area contributed by atoms with Crippen molar-refractivity contribution in [1.29, 1.82) is 0 Å². The van der Waals surface area contributed by atoms with E-state index in [1.54, 1.807) is 0 Å². The number of quaternary nitrogens is 1. The van der Waals surface area contributed by atoms with E-state index in [1.807, 2.05) is 0 Å². The highest BCUT2D eigenvalue weighted by Gasteiger charge is 2.26. The van der Waals surface area contributed by atoms with Gasteiger partial charge < -0.3 is 9.22 Å². The maximum absolute atomic E-state index is 13.1. The molecule has 0 saturated heterocycles. The zero-order valence-corrected chi connectivity index (χ0v) is 32.5. The molecule has 0 aliphatic carbocycles. The highest BCUT2D eigenvalue weighted by atomic mass is 16.5. The minimum absolute atomic E-state index is 0.102. The third-order valence-electron chi connectivity index (χ3n) is 9.34. The van der Waals surface area contributed by atoms with E-state index < -0.39 is 5.92 Å². The smallest absolute Gasteiger partial charge is 0.145 e. The number of ketones is 2. The van der Waals surface area contributed by atoms with Gasteiger partial charge in [0.05, 0.1) is 40.3 Å². The molecule has 0 radical (unpaired) electrons. The largest absolute Gasteiger partial charge is 0.374 e. The van der Waals surface area contributed by atoms with Crippen molar-refractivity contribution in [1.82, 2.24) is 0 Å². The maximum atomic E-state index is 13.1. The van der Waals surface area contributed by atoms with Gasteiger partial charge in [-0.3, -0.25) is 9.59 Å². The van der Waals surface area contributed by atoms with Gasteiger partial charge in [0.15, 0.2) is 0 Å². The van der Waals surface area contributed by atoms with Crippen molar-refractivity contribution in [2.75, 3.05) is 40.9 Å². The van der Waals surface area contributed by atoms with Gasteiger partial charge in [0.2, 0.25) is 0 Å². The van der Waals surface area contributed by atoms with Crippen molar-refractivity contribution < 1.29 is 18.8 Å². The van der Waals surface area contributed by atoms with Crippen LogP contribution in [0.1, 0.15) is 194 Å². The number of hydrogen-bond donors (Lipinski definition) is 0. The minimum Gasteiger partial charge on any atom is -0.374 e. The van der Waals surface area contributed by atoms with Crippen LogP contribution in [0.5, 0.6) is 0 Å². The standard InChI is InChI=1S/C43H82NO3/c1-6-8-10-12-14-16-18-20-22-24-26-28-30-32-34-36-42(45)41(40-47-39-38-44(3,4)5)43(46)37-35-33-31-29-27-25-23-21-19-17-15-13-11-9-7-2/h20-23,41H,6-19,24-40H2,1-5H3/q+1/b22-20-,23-21-. The molecule has 4 nitrogen and oxygen atoms in total. The summed E-state index contributed by atoms with van der Waals surface area (Å²) in [5.74, 6) is -0.368. The molecule has 0 fully saturated rings. The average Bonchev–Trinajstić information content (AvgIpc) is 3.04. The van der Waals surface area contributed by atoms with Gasteiger partial charge in [-0.25, -0.2) is 0 Å². The molecule has 0 aliphatic rings. The number of carbonyl (C=O) groups excluding carboxylic acids is 2. The van der Waals surface area contributed by atoms with E-state index in [-0.39, 0.29) is 18.2 Å². The Morgan fingerprint density at radius 2 is 0.809 bits per heavy atom. The lowest BCUT2D eigenvalue weighted by Crippen LogP contribution is -2.38. The second-order valence-electron chi connectivity index (χ2n) is 15.2. The van der Waals surface area contributed by atoms with E-state index in [4.69, 9.17) is 4.74 Å². The Kier molecular flexibility index (Phi) is 33.7. The lowest BCUT2D eigenvalue weighted by atomic mass is 9.92. The summed E-state index contributed by atoms with van der Waals surface area (Å²) in [6.45, 7) is 6.26. The molecule has 0 rings (SSSR count). The molecule has 0 amide bonds. The molecular weight excluding hydrogens is 578 g/mol. The summed E-state index contributed by atoms with van der Waals surface area (Å²) in [4.78, 5) is 26.3. The predicted octanol–water partition coefficient (Wildman–Crippen LogP) is 12.5. The zero-order valence-electron chi connectivity index (χ0n) is 32.5. The quantitative estimate of drug-likeness (QED) is 0.0288. The molecular formula is C43H82NO3+. The van der Waals surface area contributed by atoms with Crippen LogP contribution in [-0.2, 0) is 14.3 Å². The summed E-state index contributed by atoms with van der Waals surface area (Å²) in [5, 5.41) is 0. The molecule has 0 saturated carbocycles. The second-order valence-corrected chi connectivity index (χ2v) is 15.2. The zero-order chi connectivity index (χ0) is 34.7. The lowest BCUT2D eigenvalue weighted by Gasteiger charge is -2.24. The van der Waals surface area contributed by atoms with Crippen molar-refractivity contribution in [3.8, 4) is 0 Å². The monoisotopic (exact) mass is 661 g/mol. The number of hydrogen-bond acceptors (Lipinski definition) is 3. The summed E-state index contributed by atoms with van der Waals surface area (Å²) in [6, 6.07) is 0. The molecule has 0 aromatic heterocycles. The topological polar surface area (TPSA) is 43.4 Å². The molecule has 4 heteroatoms. The van der Waals surface area contributed by atoms with Crippen molar-refractivity contribution in [2.24, 2.45) is 5.92 Å². The van der Waals surface area contributed by atoms with Crippen LogP contribution in [0.2, 0.25) is 0 Å². The SMILES string of the molecule is CCCCCCCC/C=C\CCCCCCCC(=O)C(COCC[N+](C)(C)C)C(=O)CCCCCCC/C=C\CCCCCCCC. The molecule has 0 spiro atoms. The highest BCUT2D eigenvalue weighted by Crippen LogP contribution is 2.16. The number of nitrogens with zero attached hydrogens (tertiary/aromatic N) is 1. The Morgan fingerprint density at radius 3 is 1.15 bits per heavy atom. The fourth-order valence-corrected chi connectivity index (χ4v) is 5.99. The fourth-order valence-electron chi connectivity index (χ4n) is 5.99. The Balaban J connectivity index is 4.15. The Labute approximate surface area is 294 Å². The normalized spacial score (nSPS) is 12.3. The Morgan fingerprint density at radius 1 is 0.489 bits per heavy atom. The van der Waals surface area contributed by atoms with Gasteiger partial charge in [0.25, 0.3) is 0 Å². The van der Waals surface area contributed by atoms with Crippen LogP contribution in [0.4, 0.5) is 0 Å². The molecule has 0 aromatic carbocycles. The number of unbranched alkanes of at least 4 members (excludes halogenated alkanes) is 22. The molecule has 0 unspecified atom stereocenters. The van der Waals surface area contributed by atoms with Crippen LogP contribution in [-0.4, -0.2) is 57.0 Å². The van der Waals surface area contributed by atoms with Gasteiger partial charge >= 0.3 is 0 Å². The molecule has 276 valence electrons. The van der Waals surface area contributed by atoms with Gasteiger partial charge in [-0.15, -0.1) is 0 Å². The number of likely N-dealkylation sites (N-methyl/N-ethyl adjacent to an activating group) is 1. The first-order valence-electron chi connectivity index (χ1n) is 20.6. The summed E-state index contributed by atoms with van der Waals surface area (Å²) >= 11 is 0. The van der Waals surface area contributed by atoms with Crippen molar-refractivity contribution in [3.63, 3.8) is 0 Å². The predicted molar refractivity (Wildman–Crippen MR) is 206 cm³/mol.